The lowest BCUT2D eigenvalue weighted by molar-refractivity contribution is 0.415. The molecule has 0 radical (unpaired) electrons. The molecule has 0 unspecified atom stereocenters. The number of imidazole rings is 1. The molecule has 6 nitrogen and oxygen atoms in total. The normalized spacial score (nSPS) is 11.0. The van der Waals surface area contributed by atoms with E-state index in [2.05, 4.69) is 45.2 Å². The lowest BCUT2D eigenvalue weighted by atomic mass is 10.3. The van der Waals surface area contributed by atoms with Gasteiger partial charge in [0.05, 0.1) is 23.7 Å². The summed E-state index contributed by atoms with van der Waals surface area (Å²) in [6, 6.07) is 12.1. The van der Waals surface area contributed by atoms with Crippen LogP contribution in [0.5, 0.6) is 5.75 Å². The minimum Gasteiger partial charge on any atom is -0.497 e. The Kier molecular flexibility index (Phi) is 4.79. The summed E-state index contributed by atoms with van der Waals surface area (Å²) in [5.41, 5.74) is 4.68. The third-order valence-electron chi connectivity index (χ3n) is 4.49. The van der Waals surface area contributed by atoms with E-state index in [4.69, 9.17) is 4.74 Å². The van der Waals surface area contributed by atoms with E-state index < -0.39 is 0 Å². The highest BCUT2D eigenvalue weighted by atomic mass is 32.2. The number of aromatic amines is 1. The van der Waals surface area contributed by atoms with Crippen molar-refractivity contribution >= 4 is 40.3 Å². The first-order valence-corrected chi connectivity index (χ1v) is 10.3. The van der Waals surface area contributed by atoms with Gasteiger partial charge in [-0.3, -0.25) is 4.72 Å². The fourth-order valence-electron chi connectivity index (χ4n) is 3.16. The highest BCUT2D eigenvalue weighted by Crippen LogP contribution is 2.34. The highest BCUT2D eigenvalue weighted by Gasteiger charge is 2.17. The molecule has 0 amide bonds. The lowest BCUT2D eigenvalue weighted by Crippen LogP contribution is -1.98. The number of nitrogens with zero attached hydrogens (tertiary/aromatic N) is 3. The first-order valence-electron chi connectivity index (χ1n) is 8.66. The standard InChI is InChI=1S/C20H19N5OS2/c1-11-7-18(13(3)25(11)19-14(10-21)8-12(2)27-19)28-24-20-22-16-6-5-15(26-4)9-17(16)23-20/h5-9H,1-4H3,(H2,22,23,24). The fourth-order valence-corrected chi connectivity index (χ4v) is 5.00. The van der Waals surface area contributed by atoms with Gasteiger partial charge in [0, 0.05) is 27.2 Å². The van der Waals surface area contributed by atoms with Gasteiger partial charge in [0.25, 0.3) is 0 Å². The Labute approximate surface area is 171 Å². The van der Waals surface area contributed by atoms with Crippen LogP contribution in [0.2, 0.25) is 0 Å². The Hall–Kier alpha value is -2.89. The SMILES string of the molecule is COc1ccc2nc(NSc3cc(C)n(-c4sc(C)cc4C#N)c3C)[nH]c2c1. The molecule has 0 aliphatic carbocycles. The third kappa shape index (κ3) is 3.23. The summed E-state index contributed by atoms with van der Waals surface area (Å²) in [6.45, 7) is 6.15. The number of thiophene rings is 1. The monoisotopic (exact) mass is 409 g/mol. The van der Waals surface area contributed by atoms with E-state index in [-0.39, 0.29) is 0 Å². The van der Waals surface area contributed by atoms with Crippen molar-refractivity contribution in [3.8, 4) is 16.8 Å². The Morgan fingerprint density at radius 2 is 2.07 bits per heavy atom. The predicted molar refractivity (Wildman–Crippen MR) is 115 cm³/mol. The number of ether oxygens (including phenoxy) is 1. The minimum atomic E-state index is 0.683. The molecule has 2 N–H and O–H groups in total. The van der Waals surface area contributed by atoms with Gasteiger partial charge < -0.3 is 14.3 Å². The second kappa shape index (κ2) is 7.26. The van der Waals surface area contributed by atoms with Crippen molar-refractivity contribution < 1.29 is 4.74 Å². The quantitative estimate of drug-likeness (QED) is 0.435. The van der Waals surface area contributed by atoms with E-state index in [1.165, 1.54) is 11.9 Å². The summed E-state index contributed by atoms with van der Waals surface area (Å²) in [5.74, 6) is 1.47. The van der Waals surface area contributed by atoms with Gasteiger partial charge >= 0.3 is 0 Å². The molecular formula is C20H19N5OS2. The average Bonchev–Trinajstić information content (AvgIpc) is 3.34. The lowest BCUT2D eigenvalue weighted by Gasteiger charge is -2.08. The van der Waals surface area contributed by atoms with E-state index in [0.717, 1.165) is 42.9 Å². The van der Waals surface area contributed by atoms with E-state index in [1.807, 2.05) is 31.2 Å². The minimum absolute atomic E-state index is 0.683. The highest BCUT2D eigenvalue weighted by molar-refractivity contribution is 8.00. The van der Waals surface area contributed by atoms with Crippen LogP contribution in [0.1, 0.15) is 21.8 Å². The number of hydrogen-bond acceptors (Lipinski definition) is 6. The van der Waals surface area contributed by atoms with Crippen LogP contribution in [0.3, 0.4) is 0 Å². The molecule has 0 fully saturated rings. The molecule has 0 spiro atoms. The van der Waals surface area contributed by atoms with Crippen LogP contribution in [0, 0.1) is 32.1 Å². The van der Waals surface area contributed by atoms with Crippen molar-refractivity contribution in [3.63, 3.8) is 0 Å². The summed E-state index contributed by atoms with van der Waals surface area (Å²) in [5, 5.41) is 10.4. The number of H-pyrrole nitrogens is 1. The molecule has 28 heavy (non-hydrogen) atoms. The first kappa shape index (κ1) is 18.5. The molecule has 3 heterocycles. The molecule has 142 valence electrons. The summed E-state index contributed by atoms with van der Waals surface area (Å²) >= 11 is 3.14. The maximum atomic E-state index is 9.44. The number of aryl methyl sites for hydroxylation is 2. The number of nitriles is 1. The van der Waals surface area contributed by atoms with Gasteiger partial charge in [-0.25, -0.2) is 4.98 Å². The van der Waals surface area contributed by atoms with Crippen LogP contribution in [-0.4, -0.2) is 21.6 Å². The van der Waals surface area contributed by atoms with Gasteiger partial charge in [0.1, 0.15) is 16.8 Å². The summed E-state index contributed by atoms with van der Waals surface area (Å²) < 4.78 is 10.7. The van der Waals surface area contributed by atoms with Crippen molar-refractivity contribution in [2.75, 3.05) is 11.8 Å². The van der Waals surface area contributed by atoms with Crippen molar-refractivity contribution in [3.05, 3.63) is 52.2 Å². The van der Waals surface area contributed by atoms with Gasteiger partial charge in [0.15, 0.2) is 0 Å². The van der Waals surface area contributed by atoms with Crippen molar-refractivity contribution in [2.24, 2.45) is 0 Å². The number of hydrogen-bond donors (Lipinski definition) is 2. The number of aromatic nitrogens is 3. The molecule has 4 aromatic rings. The number of anilines is 1. The van der Waals surface area contributed by atoms with Crippen molar-refractivity contribution in [1.29, 1.82) is 5.26 Å². The van der Waals surface area contributed by atoms with Crippen molar-refractivity contribution in [1.82, 2.24) is 14.5 Å². The topological polar surface area (TPSA) is 78.7 Å². The summed E-state index contributed by atoms with van der Waals surface area (Å²) in [6.07, 6.45) is 0. The molecule has 1 aromatic carbocycles. The molecule has 8 heteroatoms. The fraction of sp³-hybridized carbons (Fsp3) is 0.200. The van der Waals surface area contributed by atoms with Crippen molar-refractivity contribution in [2.45, 2.75) is 25.7 Å². The van der Waals surface area contributed by atoms with Gasteiger partial charge in [-0.2, -0.15) is 5.26 Å². The number of rotatable bonds is 5. The van der Waals surface area contributed by atoms with Crippen LogP contribution in [0.15, 0.2) is 35.2 Å². The van der Waals surface area contributed by atoms with E-state index in [1.54, 1.807) is 18.4 Å². The Morgan fingerprint density at radius 3 is 2.82 bits per heavy atom. The largest absolute Gasteiger partial charge is 0.497 e. The van der Waals surface area contributed by atoms with E-state index in [9.17, 15) is 5.26 Å². The number of methoxy groups -OCH3 is 1. The summed E-state index contributed by atoms with van der Waals surface area (Å²) in [7, 11) is 1.65. The Bertz CT molecular complexity index is 1210. The first-order chi connectivity index (χ1) is 13.5. The smallest absolute Gasteiger partial charge is 0.211 e. The average molecular weight is 410 g/mol. The van der Waals surface area contributed by atoms with Gasteiger partial charge in [-0.15, -0.1) is 11.3 Å². The molecule has 0 atom stereocenters. The second-order valence-corrected chi connectivity index (χ2v) is 8.51. The zero-order valence-electron chi connectivity index (χ0n) is 16.0. The van der Waals surface area contributed by atoms with E-state index in [0.29, 0.717) is 11.5 Å². The van der Waals surface area contributed by atoms with Gasteiger partial charge in [-0.1, -0.05) is 0 Å². The predicted octanol–water partition coefficient (Wildman–Crippen LogP) is 5.34. The Morgan fingerprint density at radius 1 is 1.25 bits per heavy atom. The molecule has 0 saturated carbocycles. The molecule has 0 aliphatic heterocycles. The van der Waals surface area contributed by atoms with Gasteiger partial charge in [0.2, 0.25) is 5.95 Å². The van der Waals surface area contributed by atoms with E-state index >= 15 is 0 Å². The Balaban J connectivity index is 1.60. The second-order valence-electron chi connectivity index (χ2n) is 6.43. The number of nitrogens with one attached hydrogen (secondary N) is 2. The van der Waals surface area contributed by atoms with Crippen LogP contribution in [0.25, 0.3) is 16.0 Å². The maximum Gasteiger partial charge on any atom is 0.211 e. The van der Waals surface area contributed by atoms with Crippen LogP contribution >= 0.6 is 23.3 Å². The van der Waals surface area contributed by atoms with Gasteiger partial charge in [-0.05, 0) is 57.0 Å². The molecule has 4 rings (SSSR count). The zero-order valence-corrected chi connectivity index (χ0v) is 17.6. The molecule has 0 saturated heterocycles. The third-order valence-corrected chi connectivity index (χ3v) is 6.45. The van der Waals surface area contributed by atoms with Crippen LogP contribution in [0.4, 0.5) is 5.95 Å². The molecule has 0 aliphatic rings. The summed E-state index contributed by atoms with van der Waals surface area (Å²) in [4.78, 5) is 10.0. The molecule has 0 bridgehead atoms. The number of benzene rings is 1. The molecule has 3 aromatic heterocycles. The zero-order chi connectivity index (χ0) is 19.8. The maximum absolute atomic E-state index is 9.44. The number of fused-ring (bicyclic) bond motifs is 1. The van der Waals surface area contributed by atoms with Crippen LogP contribution in [-0.2, 0) is 0 Å². The molecular weight excluding hydrogens is 390 g/mol. The van der Waals surface area contributed by atoms with Crippen LogP contribution < -0.4 is 9.46 Å².